The van der Waals surface area contributed by atoms with Crippen LogP contribution in [-0.2, 0) is 15.1 Å². The van der Waals surface area contributed by atoms with Crippen molar-refractivity contribution in [3.05, 3.63) is 28.8 Å². The zero-order valence-corrected chi connectivity index (χ0v) is 13.6. The van der Waals surface area contributed by atoms with Gasteiger partial charge in [0, 0.05) is 0 Å². The second-order valence-electron chi connectivity index (χ2n) is 5.80. The van der Waals surface area contributed by atoms with E-state index in [4.69, 9.17) is 21.1 Å². The molecule has 0 aliphatic rings. The van der Waals surface area contributed by atoms with E-state index in [1.165, 1.54) is 7.11 Å². The summed E-state index contributed by atoms with van der Waals surface area (Å²) in [4.78, 5) is 23.3. The van der Waals surface area contributed by atoms with E-state index in [0.717, 1.165) is 0 Å². The lowest BCUT2D eigenvalue weighted by molar-refractivity contribution is -0.113. The number of rotatable bonds is 4. The Hall–Kier alpha value is -1.75. The fraction of sp³-hybridized carbons (Fsp3) is 0.467. The van der Waals surface area contributed by atoms with Gasteiger partial charge in [-0.15, -0.1) is 0 Å². The molecular formula is C15H20ClNO4. The van der Waals surface area contributed by atoms with Gasteiger partial charge in [0.25, 0.3) is 0 Å². The van der Waals surface area contributed by atoms with Gasteiger partial charge in [-0.1, -0.05) is 17.7 Å². The number of carbonyl (C=O) groups is 2. The molecule has 0 saturated heterocycles. The molecule has 0 spiro atoms. The molecule has 0 aromatic heterocycles. The first-order valence-electron chi connectivity index (χ1n) is 6.43. The average molecular weight is 314 g/mol. The maximum atomic E-state index is 11.9. The molecule has 6 heteroatoms. The Labute approximate surface area is 129 Å². The zero-order valence-electron chi connectivity index (χ0n) is 12.8. The van der Waals surface area contributed by atoms with E-state index in [1.54, 1.807) is 45.9 Å². The van der Waals surface area contributed by atoms with E-state index in [1.807, 2.05) is 0 Å². The van der Waals surface area contributed by atoms with Crippen LogP contribution in [0.15, 0.2) is 18.2 Å². The molecule has 5 nitrogen and oxygen atoms in total. The number of aldehydes is 1. The molecule has 1 amide bonds. The number of methoxy groups -OCH3 is 1. The van der Waals surface area contributed by atoms with Gasteiger partial charge < -0.3 is 19.6 Å². The molecule has 21 heavy (non-hydrogen) atoms. The molecule has 1 rings (SSSR count). The van der Waals surface area contributed by atoms with E-state index in [0.29, 0.717) is 22.6 Å². The van der Waals surface area contributed by atoms with Crippen molar-refractivity contribution >= 4 is 24.0 Å². The monoisotopic (exact) mass is 313 g/mol. The number of carbonyl (C=O) groups excluding carboxylic acids is 2. The van der Waals surface area contributed by atoms with Gasteiger partial charge in [-0.3, -0.25) is 0 Å². The summed E-state index contributed by atoms with van der Waals surface area (Å²) in [5.74, 6) is 0.492. The highest BCUT2D eigenvalue weighted by Gasteiger charge is 2.31. The van der Waals surface area contributed by atoms with E-state index in [2.05, 4.69) is 5.32 Å². The quantitative estimate of drug-likeness (QED) is 0.866. The van der Waals surface area contributed by atoms with Crippen LogP contribution < -0.4 is 10.1 Å². The Morgan fingerprint density at radius 1 is 1.29 bits per heavy atom. The summed E-state index contributed by atoms with van der Waals surface area (Å²) in [6, 6.07) is 4.87. The summed E-state index contributed by atoms with van der Waals surface area (Å²) in [6.07, 6.45) is -0.0428. The second kappa shape index (κ2) is 6.35. The Kier molecular flexibility index (Phi) is 5.23. The number of hydrogen-bond donors (Lipinski definition) is 1. The molecule has 1 atom stereocenters. The van der Waals surface area contributed by atoms with Crippen LogP contribution in [0.4, 0.5) is 4.79 Å². The third-order valence-electron chi connectivity index (χ3n) is 2.75. The maximum absolute atomic E-state index is 11.9. The molecule has 1 aromatic carbocycles. The molecule has 0 heterocycles. The van der Waals surface area contributed by atoms with Gasteiger partial charge in [0.15, 0.2) is 0 Å². The highest BCUT2D eigenvalue weighted by atomic mass is 35.5. The van der Waals surface area contributed by atoms with Crippen molar-refractivity contribution in [1.29, 1.82) is 0 Å². The topological polar surface area (TPSA) is 64.6 Å². The van der Waals surface area contributed by atoms with Gasteiger partial charge in [-0.25, -0.2) is 4.79 Å². The molecule has 0 aliphatic carbocycles. The van der Waals surface area contributed by atoms with Crippen molar-refractivity contribution in [2.24, 2.45) is 0 Å². The van der Waals surface area contributed by atoms with Gasteiger partial charge in [0.2, 0.25) is 0 Å². The van der Waals surface area contributed by atoms with Crippen molar-refractivity contribution in [3.63, 3.8) is 0 Å². The predicted molar refractivity (Wildman–Crippen MR) is 80.8 cm³/mol. The van der Waals surface area contributed by atoms with Gasteiger partial charge in [0.1, 0.15) is 23.2 Å². The van der Waals surface area contributed by atoms with E-state index in [9.17, 15) is 9.59 Å². The van der Waals surface area contributed by atoms with Gasteiger partial charge in [0.05, 0.1) is 12.1 Å². The molecule has 0 radical (unpaired) electrons. The first kappa shape index (κ1) is 17.3. The lowest BCUT2D eigenvalue weighted by Gasteiger charge is -2.28. The molecule has 0 saturated carbocycles. The minimum Gasteiger partial charge on any atom is -0.495 e. The van der Waals surface area contributed by atoms with Crippen LogP contribution in [0.1, 0.15) is 33.3 Å². The smallest absolute Gasteiger partial charge is 0.408 e. The Morgan fingerprint density at radius 3 is 2.33 bits per heavy atom. The van der Waals surface area contributed by atoms with Crippen molar-refractivity contribution in [2.45, 2.75) is 38.8 Å². The van der Waals surface area contributed by atoms with Crippen molar-refractivity contribution in [1.82, 2.24) is 5.32 Å². The Bertz CT molecular complexity index is 539. The van der Waals surface area contributed by atoms with Crippen LogP contribution in [0.2, 0.25) is 5.02 Å². The molecule has 0 bridgehead atoms. The van der Waals surface area contributed by atoms with E-state index >= 15 is 0 Å². The number of nitrogens with one attached hydrogen (secondary N) is 1. The average Bonchev–Trinajstić information content (AvgIpc) is 2.36. The molecule has 0 aliphatic heterocycles. The number of halogens is 1. The number of amides is 1. The van der Waals surface area contributed by atoms with Crippen LogP contribution in [0, 0.1) is 0 Å². The highest BCUT2D eigenvalue weighted by Crippen LogP contribution is 2.29. The number of alkyl carbamates (subject to hydrolysis) is 1. The fourth-order valence-corrected chi connectivity index (χ4v) is 1.93. The summed E-state index contributed by atoms with van der Waals surface area (Å²) < 4.78 is 10.2. The molecular weight excluding hydrogens is 294 g/mol. The lowest BCUT2D eigenvalue weighted by Crippen LogP contribution is -2.46. The molecule has 1 unspecified atom stereocenters. The van der Waals surface area contributed by atoms with E-state index < -0.39 is 17.2 Å². The first-order valence-corrected chi connectivity index (χ1v) is 6.80. The Morgan fingerprint density at radius 2 is 1.90 bits per heavy atom. The maximum Gasteiger partial charge on any atom is 0.408 e. The van der Waals surface area contributed by atoms with Gasteiger partial charge >= 0.3 is 6.09 Å². The van der Waals surface area contributed by atoms with Crippen LogP contribution in [-0.4, -0.2) is 25.1 Å². The SMILES string of the molecule is COc1ccc(C(C)(C=O)NC(=O)OC(C)(C)C)cc1Cl. The van der Waals surface area contributed by atoms with Crippen molar-refractivity contribution < 1.29 is 19.1 Å². The summed E-state index contributed by atoms with van der Waals surface area (Å²) in [6.45, 7) is 6.81. The fourth-order valence-electron chi connectivity index (χ4n) is 1.67. The standard InChI is InChI=1S/C15H20ClNO4/c1-14(2,3)21-13(19)17-15(4,9-18)10-6-7-12(20-5)11(16)8-10/h6-9H,1-5H3,(H,17,19). The second-order valence-corrected chi connectivity index (χ2v) is 6.20. The third-order valence-corrected chi connectivity index (χ3v) is 3.04. The normalized spacial score (nSPS) is 14.0. The first-order chi connectivity index (χ1) is 9.61. The summed E-state index contributed by atoms with van der Waals surface area (Å²) in [5.41, 5.74) is -1.35. The summed E-state index contributed by atoms with van der Waals surface area (Å²) >= 11 is 6.05. The molecule has 1 aromatic rings. The van der Waals surface area contributed by atoms with Crippen LogP contribution >= 0.6 is 11.6 Å². The number of benzene rings is 1. The van der Waals surface area contributed by atoms with Crippen molar-refractivity contribution in [3.8, 4) is 5.75 Å². The summed E-state index contributed by atoms with van der Waals surface area (Å²) in [5, 5.41) is 2.91. The molecule has 116 valence electrons. The number of ether oxygens (including phenoxy) is 2. The highest BCUT2D eigenvalue weighted by molar-refractivity contribution is 6.32. The van der Waals surface area contributed by atoms with Crippen LogP contribution in [0.3, 0.4) is 0 Å². The lowest BCUT2D eigenvalue weighted by atomic mass is 9.94. The largest absolute Gasteiger partial charge is 0.495 e. The molecule has 0 fully saturated rings. The van der Waals surface area contributed by atoms with Crippen LogP contribution in [0.25, 0.3) is 0 Å². The minimum atomic E-state index is -1.24. The predicted octanol–water partition coefficient (Wildman–Crippen LogP) is 3.29. The zero-order chi connectivity index (χ0) is 16.3. The van der Waals surface area contributed by atoms with Crippen molar-refractivity contribution in [2.75, 3.05) is 7.11 Å². The minimum absolute atomic E-state index is 0.356. The third kappa shape index (κ3) is 4.63. The van der Waals surface area contributed by atoms with Gasteiger partial charge in [-0.05, 0) is 45.4 Å². The summed E-state index contributed by atoms with van der Waals surface area (Å²) in [7, 11) is 1.50. The van der Waals surface area contributed by atoms with E-state index in [-0.39, 0.29) is 0 Å². The van der Waals surface area contributed by atoms with Crippen LogP contribution in [0.5, 0.6) is 5.75 Å². The molecule has 1 N–H and O–H groups in total. The number of hydrogen-bond acceptors (Lipinski definition) is 4. The Balaban J connectivity index is 3.02. The van der Waals surface area contributed by atoms with Gasteiger partial charge in [-0.2, -0.15) is 0 Å².